The van der Waals surface area contributed by atoms with E-state index in [0.717, 1.165) is 54.6 Å². The largest absolute Gasteiger partial charge is 0.455 e. The maximum Gasteiger partial charge on any atom is 0.143 e. The first-order chi connectivity index (χ1) is 17.9. The highest BCUT2D eigenvalue weighted by Gasteiger charge is 2.20. The Hall–Kier alpha value is -4.82. The van der Waals surface area contributed by atoms with Gasteiger partial charge in [0.05, 0.1) is 0 Å². The lowest BCUT2D eigenvalue weighted by atomic mass is 9.95. The second-order valence-electron chi connectivity index (χ2n) is 9.64. The summed E-state index contributed by atoms with van der Waals surface area (Å²) in [5.74, 6) is 0. The second-order valence-corrected chi connectivity index (χ2v) is 9.64. The Morgan fingerprint density at radius 3 is 1.00 bits per heavy atom. The highest BCUT2D eigenvalue weighted by atomic mass is 16.3. The summed E-state index contributed by atoms with van der Waals surface area (Å²) in [7, 11) is 0. The van der Waals surface area contributed by atoms with Crippen LogP contribution in [0.1, 0.15) is 0 Å². The Balaban J connectivity index is 1.54. The number of fused-ring (bicyclic) bond motifs is 16. The van der Waals surface area contributed by atoms with Crippen LogP contribution in [-0.2, 0) is 0 Å². The minimum absolute atomic E-state index is 0.888. The van der Waals surface area contributed by atoms with Crippen LogP contribution in [0.25, 0.3) is 87.0 Å². The number of hydrogen-bond acceptors (Lipinski definition) is 2. The van der Waals surface area contributed by atoms with E-state index in [1.165, 1.54) is 32.3 Å². The molecular weight excluding hydrogens is 440 g/mol. The van der Waals surface area contributed by atoms with E-state index in [1.54, 1.807) is 0 Å². The van der Waals surface area contributed by atoms with Crippen molar-refractivity contribution in [2.75, 3.05) is 0 Å². The van der Waals surface area contributed by atoms with Crippen LogP contribution in [0, 0.1) is 0 Å². The Bertz CT molecular complexity index is 2200. The molecule has 0 aliphatic rings. The van der Waals surface area contributed by atoms with Crippen molar-refractivity contribution in [2.45, 2.75) is 0 Å². The van der Waals surface area contributed by atoms with Crippen LogP contribution in [0.3, 0.4) is 0 Å². The predicted octanol–water partition coefficient (Wildman–Crippen LogP) is 10.1. The third kappa shape index (κ3) is 2.18. The van der Waals surface area contributed by atoms with Gasteiger partial charge >= 0.3 is 0 Å². The molecule has 2 nitrogen and oxygen atoms in total. The van der Waals surface area contributed by atoms with Crippen molar-refractivity contribution in [3.63, 3.8) is 0 Å². The van der Waals surface area contributed by atoms with Gasteiger partial charge in [0.1, 0.15) is 22.3 Å². The van der Waals surface area contributed by atoms with Crippen molar-refractivity contribution in [3.05, 3.63) is 109 Å². The van der Waals surface area contributed by atoms with Gasteiger partial charge < -0.3 is 8.83 Å². The highest BCUT2D eigenvalue weighted by molar-refractivity contribution is 6.34. The minimum Gasteiger partial charge on any atom is -0.455 e. The van der Waals surface area contributed by atoms with Crippen molar-refractivity contribution in [1.29, 1.82) is 0 Å². The van der Waals surface area contributed by atoms with Gasteiger partial charge in [-0.3, -0.25) is 0 Å². The van der Waals surface area contributed by atoms with Gasteiger partial charge in [-0.05, 0) is 44.5 Å². The Kier molecular flexibility index (Phi) is 3.31. The summed E-state index contributed by atoms with van der Waals surface area (Å²) in [6.07, 6.45) is 0. The summed E-state index contributed by atoms with van der Waals surface area (Å²) in [6, 6.07) is 38.6. The lowest BCUT2D eigenvalue weighted by molar-refractivity contribution is 0.668. The average Bonchev–Trinajstić information content (AvgIpc) is 3.51. The molecule has 0 saturated heterocycles. The molecule has 0 fully saturated rings. The van der Waals surface area contributed by atoms with Crippen LogP contribution in [0.2, 0.25) is 0 Å². The number of furan rings is 2. The summed E-state index contributed by atoms with van der Waals surface area (Å²) in [5.41, 5.74) is 3.65. The van der Waals surface area contributed by atoms with Crippen LogP contribution in [0.5, 0.6) is 0 Å². The summed E-state index contributed by atoms with van der Waals surface area (Å²) in [5, 5.41) is 14.1. The summed E-state index contributed by atoms with van der Waals surface area (Å²) < 4.78 is 13.3. The molecule has 0 N–H and O–H groups in total. The fourth-order valence-corrected chi connectivity index (χ4v) is 6.30. The van der Waals surface area contributed by atoms with E-state index in [0.29, 0.717) is 0 Å². The van der Waals surface area contributed by atoms with Gasteiger partial charge in [-0.2, -0.15) is 0 Å². The Labute approximate surface area is 204 Å². The van der Waals surface area contributed by atoms with Crippen molar-refractivity contribution in [2.24, 2.45) is 0 Å². The molecule has 0 aliphatic carbocycles. The molecule has 9 rings (SSSR count). The molecule has 7 aromatic carbocycles. The van der Waals surface area contributed by atoms with E-state index < -0.39 is 0 Å². The zero-order valence-electron chi connectivity index (χ0n) is 19.2. The first-order valence-electron chi connectivity index (χ1n) is 12.3. The van der Waals surface area contributed by atoms with Gasteiger partial charge in [-0.15, -0.1) is 0 Å². The standard InChI is InChI=1S/C34H18O2/c1-5-13-23-19(9-1)21-11-3-7-15-25(21)33-31(23)27-17-30-28(18-29(27)35-33)32-24-14-6-2-10-20(24)22-12-4-8-16-26(22)34(32)36-30/h1-18H. The fourth-order valence-electron chi connectivity index (χ4n) is 6.30. The summed E-state index contributed by atoms with van der Waals surface area (Å²) >= 11 is 0. The van der Waals surface area contributed by atoms with Gasteiger partial charge in [0, 0.05) is 32.3 Å². The quantitative estimate of drug-likeness (QED) is 0.211. The molecule has 0 unspecified atom stereocenters. The molecule has 2 heteroatoms. The van der Waals surface area contributed by atoms with Crippen molar-refractivity contribution >= 4 is 87.0 Å². The normalized spacial score (nSPS) is 12.4. The monoisotopic (exact) mass is 458 g/mol. The number of rotatable bonds is 0. The zero-order chi connectivity index (χ0) is 23.4. The Morgan fingerprint density at radius 2 is 0.611 bits per heavy atom. The highest BCUT2D eigenvalue weighted by Crippen LogP contribution is 2.45. The molecular formula is C34H18O2. The molecule has 0 saturated carbocycles. The van der Waals surface area contributed by atoms with Crippen LogP contribution in [-0.4, -0.2) is 0 Å². The smallest absolute Gasteiger partial charge is 0.143 e. The fraction of sp³-hybridized carbons (Fsp3) is 0. The van der Waals surface area contributed by atoms with E-state index in [2.05, 4.69) is 109 Å². The van der Waals surface area contributed by atoms with E-state index in [1.807, 2.05) is 0 Å². The molecule has 0 radical (unpaired) electrons. The van der Waals surface area contributed by atoms with Crippen LogP contribution in [0.15, 0.2) is 118 Å². The predicted molar refractivity (Wildman–Crippen MR) is 151 cm³/mol. The number of hydrogen-bond donors (Lipinski definition) is 0. The van der Waals surface area contributed by atoms with Crippen LogP contribution < -0.4 is 0 Å². The molecule has 0 amide bonds. The van der Waals surface area contributed by atoms with Gasteiger partial charge in [0.15, 0.2) is 0 Å². The maximum atomic E-state index is 6.66. The van der Waals surface area contributed by atoms with E-state index in [9.17, 15) is 0 Å². The molecule has 0 atom stereocenters. The lowest BCUT2D eigenvalue weighted by Gasteiger charge is -2.05. The van der Waals surface area contributed by atoms with E-state index in [4.69, 9.17) is 8.83 Å². The molecule has 36 heavy (non-hydrogen) atoms. The third-order valence-corrected chi connectivity index (χ3v) is 7.82. The molecule has 0 spiro atoms. The topological polar surface area (TPSA) is 26.3 Å². The second kappa shape index (κ2) is 6.44. The Morgan fingerprint density at radius 1 is 0.306 bits per heavy atom. The van der Waals surface area contributed by atoms with Gasteiger partial charge in [0.2, 0.25) is 0 Å². The molecule has 2 heterocycles. The third-order valence-electron chi connectivity index (χ3n) is 7.82. The van der Waals surface area contributed by atoms with Crippen LogP contribution >= 0.6 is 0 Å². The molecule has 166 valence electrons. The SMILES string of the molecule is c1ccc2c(c1)c1ccccc1c1c3cc4oc5c6ccccc6c6ccccc6c5c4cc3oc21. The average molecular weight is 459 g/mol. The molecule has 2 aromatic heterocycles. The zero-order valence-corrected chi connectivity index (χ0v) is 19.2. The van der Waals surface area contributed by atoms with Gasteiger partial charge in [-0.1, -0.05) is 97.1 Å². The first-order valence-corrected chi connectivity index (χ1v) is 12.3. The van der Waals surface area contributed by atoms with Gasteiger partial charge in [-0.25, -0.2) is 0 Å². The molecule has 0 aliphatic heterocycles. The number of benzene rings is 7. The minimum atomic E-state index is 0.888. The van der Waals surface area contributed by atoms with Crippen molar-refractivity contribution in [3.8, 4) is 0 Å². The van der Waals surface area contributed by atoms with E-state index in [-0.39, 0.29) is 0 Å². The van der Waals surface area contributed by atoms with Crippen LogP contribution in [0.4, 0.5) is 0 Å². The van der Waals surface area contributed by atoms with Crippen molar-refractivity contribution in [1.82, 2.24) is 0 Å². The molecule has 0 bridgehead atoms. The van der Waals surface area contributed by atoms with E-state index >= 15 is 0 Å². The summed E-state index contributed by atoms with van der Waals surface area (Å²) in [4.78, 5) is 0. The summed E-state index contributed by atoms with van der Waals surface area (Å²) in [6.45, 7) is 0. The lowest BCUT2D eigenvalue weighted by Crippen LogP contribution is -1.80. The molecule has 9 aromatic rings. The first kappa shape index (κ1) is 18.5. The maximum absolute atomic E-state index is 6.66. The van der Waals surface area contributed by atoms with Gasteiger partial charge in [0.25, 0.3) is 0 Å². The van der Waals surface area contributed by atoms with Crippen molar-refractivity contribution < 1.29 is 8.83 Å².